The van der Waals surface area contributed by atoms with Crippen LogP contribution in [0, 0.1) is 10.1 Å². The van der Waals surface area contributed by atoms with Crippen molar-refractivity contribution in [3.8, 4) is 17.2 Å². The third-order valence-electron chi connectivity index (χ3n) is 5.11. The molecule has 0 aromatic heterocycles. The highest BCUT2D eigenvalue weighted by Crippen LogP contribution is 2.34. The number of amides is 2. The van der Waals surface area contributed by atoms with Crippen molar-refractivity contribution in [3.63, 3.8) is 0 Å². The molecular formula is C26H26N4O7. The SMILES string of the molecule is COc1ccc(CC(=O)NCC(=O)N/N=C\c2cc(OC)c(OCc3ccccc3)cc2[N+](=O)[O-])cc1. The Morgan fingerprint density at radius 2 is 1.68 bits per heavy atom. The number of hydrogen-bond acceptors (Lipinski definition) is 8. The third kappa shape index (κ3) is 8.06. The number of hydrogen-bond donors (Lipinski definition) is 2. The first-order valence-corrected chi connectivity index (χ1v) is 11.1. The van der Waals surface area contributed by atoms with Gasteiger partial charge in [0.15, 0.2) is 11.5 Å². The summed E-state index contributed by atoms with van der Waals surface area (Å²) in [5.41, 5.74) is 3.69. The molecule has 192 valence electrons. The lowest BCUT2D eigenvalue weighted by Crippen LogP contribution is -2.35. The molecule has 37 heavy (non-hydrogen) atoms. The van der Waals surface area contributed by atoms with E-state index in [0.717, 1.165) is 17.3 Å². The van der Waals surface area contributed by atoms with E-state index in [-0.39, 0.29) is 48.2 Å². The van der Waals surface area contributed by atoms with E-state index in [9.17, 15) is 19.7 Å². The molecule has 0 aliphatic carbocycles. The van der Waals surface area contributed by atoms with Gasteiger partial charge in [0, 0.05) is 0 Å². The molecule has 0 unspecified atom stereocenters. The van der Waals surface area contributed by atoms with Crippen LogP contribution in [0.3, 0.4) is 0 Å². The second-order valence-corrected chi connectivity index (χ2v) is 7.69. The molecule has 0 heterocycles. The molecule has 0 fully saturated rings. The zero-order valence-electron chi connectivity index (χ0n) is 20.3. The first kappa shape index (κ1) is 26.7. The second-order valence-electron chi connectivity index (χ2n) is 7.69. The highest BCUT2D eigenvalue weighted by atomic mass is 16.6. The van der Waals surface area contributed by atoms with Crippen LogP contribution in [0.15, 0.2) is 71.8 Å². The van der Waals surface area contributed by atoms with Gasteiger partial charge in [-0.25, -0.2) is 5.43 Å². The molecule has 2 amide bonds. The minimum atomic E-state index is -0.600. The van der Waals surface area contributed by atoms with Gasteiger partial charge in [0.1, 0.15) is 12.4 Å². The van der Waals surface area contributed by atoms with Gasteiger partial charge in [-0.2, -0.15) is 5.10 Å². The summed E-state index contributed by atoms with van der Waals surface area (Å²) in [6.45, 7) is -0.119. The Balaban J connectivity index is 1.57. The second kappa shape index (κ2) is 13.2. The monoisotopic (exact) mass is 506 g/mol. The number of hydrazone groups is 1. The van der Waals surface area contributed by atoms with Gasteiger partial charge < -0.3 is 19.5 Å². The quantitative estimate of drug-likeness (QED) is 0.218. The minimum absolute atomic E-state index is 0.0885. The average molecular weight is 507 g/mol. The van der Waals surface area contributed by atoms with Gasteiger partial charge in [0.2, 0.25) is 5.91 Å². The van der Waals surface area contributed by atoms with E-state index in [0.29, 0.717) is 5.75 Å². The van der Waals surface area contributed by atoms with Crippen LogP contribution in [0.5, 0.6) is 17.2 Å². The summed E-state index contributed by atoms with van der Waals surface area (Å²) in [6, 6.07) is 18.9. The molecule has 11 heteroatoms. The van der Waals surface area contributed by atoms with Gasteiger partial charge >= 0.3 is 0 Å². The van der Waals surface area contributed by atoms with Crippen molar-refractivity contribution in [1.82, 2.24) is 10.7 Å². The summed E-state index contributed by atoms with van der Waals surface area (Å²) in [4.78, 5) is 35.2. The molecule has 0 radical (unpaired) electrons. The van der Waals surface area contributed by atoms with Crippen molar-refractivity contribution in [2.24, 2.45) is 5.10 Å². The van der Waals surface area contributed by atoms with Crippen LogP contribution in [0.25, 0.3) is 0 Å². The Hall–Kier alpha value is -4.93. The lowest BCUT2D eigenvalue weighted by Gasteiger charge is -2.12. The average Bonchev–Trinajstić information content (AvgIpc) is 2.91. The summed E-state index contributed by atoms with van der Waals surface area (Å²) >= 11 is 0. The summed E-state index contributed by atoms with van der Waals surface area (Å²) in [6.07, 6.45) is 1.21. The van der Waals surface area contributed by atoms with Crippen LogP contribution in [0.4, 0.5) is 5.69 Å². The molecule has 0 saturated carbocycles. The van der Waals surface area contributed by atoms with Gasteiger partial charge in [-0.3, -0.25) is 19.7 Å². The lowest BCUT2D eigenvalue weighted by molar-refractivity contribution is -0.385. The fraction of sp³-hybridized carbons (Fsp3) is 0.192. The van der Waals surface area contributed by atoms with Gasteiger partial charge in [0.05, 0.1) is 50.0 Å². The maximum Gasteiger partial charge on any atom is 0.282 e. The largest absolute Gasteiger partial charge is 0.497 e. The number of carbonyl (C=O) groups is 2. The van der Waals surface area contributed by atoms with Gasteiger partial charge in [-0.1, -0.05) is 42.5 Å². The number of methoxy groups -OCH3 is 2. The predicted octanol–water partition coefficient (Wildman–Crippen LogP) is 3.00. The van der Waals surface area contributed by atoms with E-state index < -0.39 is 10.8 Å². The summed E-state index contributed by atoms with van der Waals surface area (Å²) in [5.74, 6) is 0.181. The van der Waals surface area contributed by atoms with Crippen LogP contribution in [0.1, 0.15) is 16.7 Å². The van der Waals surface area contributed by atoms with E-state index in [1.54, 1.807) is 31.4 Å². The van der Waals surface area contributed by atoms with E-state index in [2.05, 4.69) is 15.8 Å². The number of nitro groups is 1. The molecule has 11 nitrogen and oxygen atoms in total. The van der Waals surface area contributed by atoms with Crippen molar-refractivity contribution < 1.29 is 28.7 Å². The number of nitrogens with one attached hydrogen (secondary N) is 2. The van der Waals surface area contributed by atoms with Crippen molar-refractivity contribution in [1.29, 1.82) is 0 Å². The van der Waals surface area contributed by atoms with Crippen molar-refractivity contribution in [3.05, 3.63) is 93.5 Å². The van der Waals surface area contributed by atoms with Crippen LogP contribution in [-0.4, -0.2) is 43.7 Å². The first-order chi connectivity index (χ1) is 17.9. The highest BCUT2D eigenvalue weighted by molar-refractivity contribution is 5.89. The number of ether oxygens (including phenoxy) is 3. The molecule has 0 aliphatic heterocycles. The summed E-state index contributed by atoms with van der Waals surface area (Å²) < 4.78 is 16.1. The van der Waals surface area contributed by atoms with E-state index in [1.165, 1.54) is 19.2 Å². The molecule has 0 saturated heterocycles. The molecule has 3 rings (SSSR count). The normalized spacial score (nSPS) is 10.5. The highest BCUT2D eigenvalue weighted by Gasteiger charge is 2.19. The Morgan fingerprint density at radius 1 is 0.946 bits per heavy atom. The minimum Gasteiger partial charge on any atom is -0.497 e. The van der Waals surface area contributed by atoms with Crippen molar-refractivity contribution >= 4 is 23.7 Å². The number of benzene rings is 3. The Morgan fingerprint density at radius 3 is 2.32 bits per heavy atom. The number of nitro benzene ring substituents is 1. The molecule has 0 aliphatic rings. The van der Waals surface area contributed by atoms with E-state index in [4.69, 9.17) is 14.2 Å². The predicted molar refractivity (Wildman–Crippen MR) is 136 cm³/mol. The van der Waals surface area contributed by atoms with Gasteiger partial charge in [-0.15, -0.1) is 0 Å². The molecule has 2 N–H and O–H groups in total. The fourth-order valence-corrected chi connectivity index (χ4v) is 3.22. The van der Waals surface area contributed by atoms with E-state index in [1.807, 2.05) is 30.3 Å². The zero-order valence-corrected chi connectivity index (χ0v) is 20.3. The first-order valence-electron chi connectivity index (χ1n) is 11.1. The van der Waals surface area contributed by atoms with Crippen LogP contribution in [-0.2, 0) is 22.6 Å². The van der Waals surface area contributed by atoms with Crippen LogP contribution < -0.4 is 25.0 Å². The van der Waals surface area contributed by atoms with Gasteiger partial charge in [-0.05, 0) is 29.3 Å². The van der Waals surface area contributed by atoms with Crippen LogP contribution >= 0.6 is 0 Å². The molecule has 3 aromatic rings. The molecule has 0 bridgehead atoms. The molecular weight excluding hydrogens is 480 g/mol. The summed E-state index contributed by atoms with van der Waals surface area (Å²) in [5, 5.41) is 17.9. The van der Waals surface area contributed by atoms with E-state index >= 15 is 0 Å². The lowest BCUT2D eigenvalue weighted by atomic mass is 10.1. The van der Waals surface area contributed by atoms with Crippen molar-refractivity contribution in [2.45, 2.75) is 13.0 Å². The van der Waals surface area contributed by atoms with Gasteiger partial charge in [0.25, 0.3) is 11.6 Å². The molecule has 0 atom stereocenters. The standard InChI is InChI=1S/C26H26N4O7/c1-35-21-10-8-18(9-11-21)12-25(31)27-16-26(32)29-28-15-20-13-23(36-2)24(14-22(20)30(33)34)37-17-19-6-4-3-5-7-19/h3-11,13-15H,12,16-17H2,1-2H3,(H,27,31)(H,29,32)/b28-15-. The Kier molecular flexibility index (Phi) is 9.54. The molecule has 0 spiro atoms. The maximum atomic E-state index is 12.1. The van der Waals surface area contributed by atoms with Crippen LogP contribution in [0.2, 0.25) is 0 Å². The number of carbonyl (C=O) groups excluding carboxylic acids is 2. The van der Waals surface area contributed by atoms with Crippen molar-refractivity contribution in [2.75, 3.05) is 20.8 Å². The fourth-order valence-electron chi connectivity index (χ4n) is 3.22. The topological polar surface area (TPSA) is 141 Å². The third-order valence-corrected chi connectivity index (χ3v) is 5.11. The zero-order chi connectivity index (χ0) is 26.6. The maximum absolute atomic E-state index is 12.1. The Labute approximate surface area is 213 Å². The number of nitrogens with zero attached hydrogens (tertiary/aromatic N) is 2. The molecule has 3 aromatic carbocycles. The summed E-state index contributed by atoms with van der Waals surface area (Å²) in [7, 11) is 2.96. The Bertz CT molecular complexity index is 1260. The smallest absolute Gasteiger partial charge is 0.282 e. The number of rotatable bonds is 12.